The third-order valence-corrected chi connectivity index (χ3v) is 4.43. The first-order valence-corrected chi connectivity index (χ1v) is 8.84. The molecular formula is C11H21N3O2S2. The highest BCUT2D eigenvalue weighted by atomic mass is 32.2. The van der Waals surface area contributed by atoms with E-state index in [4.69, 9.17) is 0 Å². The van der Waals surface area contributed by atoms with Gasteiger partial charge in [0.25, 0.3) is 0 Å². The summed E-state index contributed by atoms with van der Waals surface area (Å²) in [6, 6.07) is 0. The van der Waals surface area contributed by atoms with Crippen molar-refractivity contribution in [1.29, 1.82) is 0 Å². The van der Waals surface area contributed by atoms with Gasteiger partial charge in [0, 0.05) is 37.5 Å². The number of sulfone groups is 1. The maximum atomic E-state index is 11.1. The van der Waals surface area contributed by atoms with Gasteiger partial charge in [-0.2, -0.15) is 0 Å². The summed E-state index contributed by atoms with van der Waals surface area (Å²) < 4.78 is 22.2. The van der Waals surface area contributed by atoms with Crippen LogP contribution in [0, 0.1) is 0 Å². The van der Waals surface area contributed by atoms with Gasteiger partial charge in [0.05, 0.1) is 5.75 Å². The van der Waals surface area contributed by atoms with Crippen LogP contribution in [0.3, 0.4) is 0 Å². The van der Waals surface area contributed by atoms with Crippen molar-refractivity contribution in [3.8, 4) is 0 Å². The monoisotopic (exact) mass is 291 g/mol. The SMILES string of the molecule is CCCNCc1cnc(N(C)CCS(C)(=O)=O)s1. The molecule has 7 heteroatoms. The van der Waals surface area contributed by atoms with E-state index in [9.17, 15) is 8.42 Å². The largest absolute Gasteiger partial charge is 0.350 e. The van der Waals surface area contributed by atoms with Gasteiger partial charge in [0.2, 0.25) is 0 Å². The molecule has 0 radical (unpaired) electrons. The molecule has 0 amide bonds. The summed E-state index contributed by atoms with van der Waals surface area (Å²) in [4.78, 5) is 7.36. The Morgan fingerprint density at radius 3 is 2.83 bits per heavy atom. The summed E-state index contributed by atoms with van der Waals surface area (Å²) in [5, 5.41) is 4.18. The van der Waals surface area contributed by atoms with Gasteiger partial charge in [0.1, 0.15) is 9.84 Å². The number of hydrogen-bond acceptors (Lipinski definition) is 6. The van der Waals surface area contributed by atoms with Crippen molar-refractivity contribution in [2.45, 2.75) is 19.9 Å². The lowest BCUT2D eigenvalue weighted by molar-refractivity contribution is 0.601. The van der Waals surface area contributed by atoms with Crippen molar-refractivity contribution >= 4 is 26.3 Å². The van der Waals surface area contributed by atoms with Crippen LogP contribution >= 0.6 is 11.3 Å². The van der Waals surface area contributed by atoms with E-state index in [1.54, 1.807) is 11.3 Å². The summed E-state index contributed by atoms with van der Waals surface area (Å²) in [6.45, 7) is 4.43. The molecule has 104 valence electrons. The van der Waals surface area contributed by atoms with Crippen LogP contribution in [-0.2, 0) is 16.4 Å². The first-order valence-electron chi connectivity index (χ1n) is 5.96. The lowest BCUT2D eigenvalue weighted by Gasteiger charge is -2.14. The lowest BCUT2D eigenvalue weighted by atomic mass is 10.4. The summed E-state index contributed by atoms with van der Waals surface area (Å²) in [6.07, 6.45) is 4.21. The molecule has 0 aliphatic carbocycles. The number of thiazole rings is 1. The Balaban J connectivity index is 2.46. The van der Waals surface area contributed by atoms with Crippen molar-refractivity contribution in [3.05, 3.63) is 11.1 Å². The second-order valence-electron chi connectivity index (χ2n) is 4.34. The summed E-state index contributed by atoms with van der Waals surface area (Å²) in [5.74, 6) is 0.159. The van der Waals surface area contributed by atoms with Crippen LogP contribution in [0.15, 0.2) is 6.20 Å². The van der Waals surface area contributed by atoms with E-state index in [0.717, 1.165) is 24.6 Å². The van der Waals surface area contributed by atoms with Crippen molar-refractivity contribution in [1.82, 2.24) is 10.3 Å². The Kier molecular flexibility index (Phi) is 6.04. The Bertz CT molecular complexity index is 457. The minimum atomic E-state index is -2.92. The Morgan fingerprint density at radius 1 is 1.50 bits per heavy atom. The third-order valence-electron chi connectivity index (χ3n) is 2.39. The smallest absolute Gasteiger partial charge is 0.185 e. The van der Waals surface area contributed by atoms with Gasteiger partial charge in [-0.1, -0.05) is 6.92 Å². The second kappa shape index (κ2) is 7.06. The topological polar surface area (TPSA) is 62.3 Å². The number of rotatable bonds is 8. The highest BCUT2D eigenvalue weighted by Gasteiger charge is 2.09. The zero-order valence-electron chi connectivity index (χ0n) is 11.1. The lowest BCUT2D eigenvalue weighted by Crippen LogP contribution is -2.24. The fourth-order valence-corrected chi connectivity index (χ4v) is 2.81. The van der Waals surface area contributed by atoms with Crippen molar-refractivity contribution < 1.29 is 8.42 Å². The van der Waals surface area contributed by atoms with Crippen molar-refractivity contribution in [2.24, 2.45) is 0 Å². The zero-order chi connectivity index (χ0) is 13.6. The van der Waals surface area contributed by atoms with E-state index in [1.165, 1.54) is 11.1 Å². The molecule has 5 nitrogen and oxygen atoms in total. The number of aromatic nitrogens is 1. The molecule has 0 saturated heterocycles. The Morgan fingerprint density at radius 2 is 2.22 bits per heavy atom. The van der Waals surface area contributed by atoms with Crippen LogP contribution < -0.4 is 10.2 Å². The van der Waals surface area contributed by atoms with E-state index in [1.807, 2.05) is 18.1 Å². The number of nitrogens with zero attached hydrogens (tertiary/aromatic N) is 2. The molecule has 0 unspecified atom stereocenters. The fraction of sp³-hybridized carbons (Fsp3) is 0.727. The van der Waals surface area contributed by atoms with E-state index in [0.29, 0.717) is 6.54 Å². The van der Waals surface area contributed by atoms with Crippen LogP contribution in [-0.4, -0.2) is 45.5 Å². The summed E-state index contributed by atoms with van der Waals surface area (Å²) in [7, 11) is -1.05. The molecule has 1 aromatic heterocycles. The molecule has 0 saturated carbocycles. The molecule has 0 fully saturated rings. The third kappa shape index (κ3) is 5.79. The summed E-state index contributed by atoms with van der Waals surface area (Å²) in [5.41, 5.74) is 0. The van der Waals surface area contributed by atoms with E-state index >= 15 is 0 Å². The van der Waals surface area contributed by atoms with Gasteiger partial charge in [-0.3, -0.25) is 0 Å². The highest BCUT2D eigenvalue weighted by molar-refractivity contribution is 7.90. The van der Waals surface area contributed by atoms with Crippen LogP contribution in [0.5, 0.6) is 0 Å². The van der Waals surface area contributed by atoms with Crippen molar-refractivity contribution in [2.75, 3.05) is 37.0 Å². The van der Waals surface area contributed by atoms with Crippen LogP contribution in [0.4, 0.5) is 5.13 Å². The molecule has 0 aliphatic heterocycles. The minimum Gasteiger partial charge on any atom is -0.350 e. The average molecular weight is 291 g/mol. The minimum absolute atomic E-state index is 0.159. The molecule has 1 N–H and O–H groups in total. The van der Waals surface area contributed by atoms with Crippen LogP contribution in [0.25, 0.3) is 0 Å². The van der Waals surface area contributed by atoms with Gasteiger partial charge in [-0.15, -0.1) is 11.3 Å². The molecule has 1 rings (SSSR count). The van der Waals surface area contributed by atoms with Crippen LogP contribution in [0.2, 0.25) is 0 Å². The predicted molar refractivity (Wildman–Crippen MR) is 77.1 cm³/mol. The van der Waals surface area contributed by atoms with Gasteiger partial charge in [-0.25, -0.2) is 13.4 Å². The normalized spacial score (nSPS) is 11.7. The van der Waals surface area contributed by atoms with Gasteiger partial charge < -0.3 is 10.2 Å². The van der Waals surface area contributed by atoms with E-state index in [2.05, 4.69) is 17.2 Å². The highest BCUT2D eigenvalue weighted by Crippen LogP contribution is 2.21. The van der Waals surface area contributed by atoms with Crippen molar-refractivity contribution in [3.63, 3.8) is 0 Å². The quantitative estimate of drug-likeness (QED) is 0.727. The predicted octanol–water partition coefficient (Wildman–Crippen LogP) is 1.12. The molecule has 0 bridgehead atoms. The zero-order valence-corrected chi connectivity index (χ0v) is 12.8. The molecule has 18 heavy (non-hydrogen) atoms. The summed E-state index contributed by atoms with van der Waals surface area (Å²) >= 11 is 1.60. The maximum Gasteiger partial charge on any atom is 0.185 e. The Labute approximate surface area is 113 Å². The molecule has 0 aliphatic rings. The standard InChI is InChI=1S/C11H21N3O2S2/c1-4-5-12-8-10-9-13-11(17-10)14(2)6-7-18(3,15)16/h9,12H,4-8H2,1-3H3. The van der Waals surface area contributed by atoms with Gasteiger partial charge in [0.15, 0.2) is 5.13 Å². The fourth-order valence-electron chi connectivity index (χ4n) is 1.34. The molecule has 0 aromatic carbocycles. The first kappa shape index (κ1) is 15.4. The van der Waals surface area contributed by atoms with Gasteiger partial charge in [-0.05, 0) is 13.0 Å². The van der Waals surface area contributed by atoms with E-state index in [-0.39, 0.29) is 5.75 Å². The maximum absolute atomic E-state index is 11.1. The number of nitrogens with one attached hydrogen (secondary N) is 1. The Hall–Kier alpha value is -0.660. The van der Waals surface area contributed by atoms with Gasteiger partial charge >= 0.3 is 0 Å². The second-order valence-corrected chi connectivity index (χ2v) is 7.69. The molecule has 1 heterocycles. The average Bonchev–Trinajstić information content (AvgIpc) is 2.74. The number of hydrogen-bond donors (Lipinski definition) is 1. The molecular weight excluding hydrogens is 270 g/mol. The number of anilines is 1. The molecule has 0 spiro atoms. The molecule has 0 atom stereocenters. The van der Waals surface area contributed by atoms with E-state index < -0.39 is 9.84 Å². The van der Waals surface area contributed by atoms with Crippen LogP contribution in [0.1, 0.15) is 18.2 Å². The first-order chi connectivity index (χ1) is 8.42. The molecule has 1 aromatic rings.